The summed E-state index contributed by atoms with van der Waals surface area (Å²) < 4.78 is 12.9. The van der Waals surface area contributed by atoms with E-state index in [0.717, 1.165) is 35.1 Å². The molecule has 0 unspecified atom stereocenters. The Morgan fingerprint density at radius 3 is 2.42 bits per heavy atom. The minimum absolute atomic E-state index is 0.157. The predicted octanol–water partition coefficient (Wildman–Crippen LogP) is 4.72. The molecule has 0 saturated heterocycles. The number of aromatic nitrogens is 1. The maximum absolute atomic E-state index is 13.9. The summed E-state index contributed by atoms with van der Waals surface area (Å²) >= 11 is 1.12. The van der Waals surface area contributed by atoms with E-state index in [9.17, 15) is 29.8 Å². The average molecular weight is 601 g/mol. The van der Waals surface area contributed by atoms with Gasteiger partial charge < -0.3 is 9.47 Å². The van der Waals surface area contributed by atoms with Crippen LogP contribution in [0.1, 0.15) is 36.6 Å². The highest BCUT2D eigenvalue weighted by molar-refractivity contribution is 7.07. The average Bonchev–Trinajstić information content (AvgIpc) is 3.27. The number of ether oxygens (including phenoxy) is 2. The lowest BCUT2D eigenvalue weighted by Crippen LogP contribution is -2.39. The van der Waals surface area contributed by atoms with Crippen LogP contribution < -0.4 is 19.6 Å². The van der Waals surface area contributed by atoms with E-state index >= 15 is 0 Å². The Morgan fingerprint density at radius 1 is 1.02 bits per heavy atom. The van der Waals surface area contributed by atoms with Crippen LogP contribution in [0.15, 0.2) is 87.8 Å². The van der Waals surface area contributed by atoms with Gasteiger partial charge in [-0.2, -0.15) is 0 Å². The van der Waals surface area contributed by atoms with Gasteiger partial charge in [-0.05, 0) is 44.5 Å². The van der Waals surface area contributed by atoms with Crippen molar-refractivity contribution in [3.05, 3.63) is 135 Å². The van der Waals surface area contributed by atoms with Gasteiger partial charge in [-0.3, -0.25) is 29.6 Å². The van der Waals surface area contributed by atoms with E-state index in [4.69, 9.17) is 9.47 Å². The number of fused-ring (bicyclic) bond motifs is 1. The summed E-state index contributed by atoms with van der Waals surface area (Å²) in [4.78, 5) is 53.2. The van der Waals surface area contributed by atoms with Crippen molar-refractivity contribution in [2.24, 2.45) is 4.99 Å². The number of aryl methyl sites for hydroxylation is 1. The molecule has 0 amide bonds. The van der Waals surface area contributed by atoms with Gasteiger partial charge >= 0.3 is 11.7 Å². The monoisotopic (exact) mass is 600 g/mol. The molecule has 5 rings (SSSR count). The largest absolute Gasteiger partial charge is 0.463 e. The third-order valence-electron chi connectivity index (χ3n) is 6.69. The summed E-state index contributed by atoms with van der Waals surface area (Å²) in [5.41, 5.74) is 1.42. The molecule has 0 saturated carbocycles. The second kappa shape index (κ2) is 11.8. The fourth-order valence-corrected chi connectivity index (χ4v) is 5.69. The van der Waals surface area contributed by atoms with E-state index in [1.807, 2.05) is 31.2 Å². The summed E-state index contributed by atoms with van der Waals surface area (Å²) in [6.07, 6.45) is 1.58. The maximum atomic E-state index is 13.9. The van der Waals surface area contributed by atoms with E-state index in [0.29, 0.717) is 21.6 Å². The highest BCUT2D eigenvalue weighted by Crippen LogP contribution is 2.36. The number of benzene rings is 3. The SMILES string of the molecule is CCOC(=O)C1=C(C)N=c2s/c(=C/c3ccccc3Oc3ccc([N+](=O)[O-])cc3[N+](=O)[O-])c(=O)n2[C@H]1c1ccc(C)cc1. The zero-order chi connectivity index (χ0) is 30.8. The number of nitrogens with zero attached hydrogens (tertiary/aromatic N) is 4. The molecule has 1 aromatic heterocycles. The van der Waals surface area contributed by atoms with Gasteiger partial charge in [-0.1, -0.05) is 59.4 Å². The fraction of sp³-hybridized carbons (Fsp3) is 0.167. The topological polar surface area (TPSA) is 156 Å². The molecule has 1 atom stereocenters. The molecule has 1 aliphatic rings. The Balaban J connectivity index is 1.64. The first-order chi connectivity index (χ1) is 20.6. The van der Waals surface area contributed by atoms with Crippen LogP contribution in [0.3, 0.4) is 0 Å². The zero-order valence-corrected chi connectivity index (χ0v) is 24.0. The first-order valence-electron chi connectivity index (χ1n) is 13.0. The number of carbonyl (C=O) groups excluding carboxylic acids is 1. The Kier molecular flexibility index (Phi) is 7.99. The highest BCUT2D eigenvalue weighted by Gasteiger charge is 2.33. The van der Waals surface area contributed by atoms with Crippen molar-refractivity contribution in [2.75, 3.05) is 6.61 Å². The van der Waals surface area contributed by atoms with Crippen molar-refractivity contribution in [1.29, 1.82) is 0 Å². The maximum Gasteiger partial charge on any atom is 0.338 e. The van der Waals surface area contributed by atoms with Crippen LogP contribution in [0.4, 0.5) is 11.4 Å². The molecule has 3 aromatic carbocycles. The van der Waals surface area contributed by atoms with Gasteiger partial charge in [-0.25, -0.2) is 9.79 Å². The number of non-ortho nitro benzene ring substituents is 1. The third-order valence-corrected chi connectivity index (χ3v) is 7.67. The molecule has 43 heavy (non-hydrogen) atoms. The predicted molar refractivity (Wildman–Crippen MR) is 158 cm³/mol. The van der Waals surface area contributed by atoms with Crippen LogP contribution in [0.2, 0.25) is 0 Å². The van der Waals surface area contributed by atoms with E-state index < -0.39 is 38.8 Å². The summed E-state index contributed by atoms with van der Waals surface area (Å²) in [5, 5.41) is 22.8. The van der Waals surface area contributed by atoms with Gasteiger partial charge in [0.25, 0.3) is 11.2 Å². The van der Waals surface area contributed by atoms with Crippen molar-refractivity contribution in [2.45, 2.75) is 26.8 Å². The number of hydrogen-bond donors (Lipinski definition) is 0. The molecule has 13 heteroatoms. The Morgan fingerprint density at radius 2 is 1.74 bits per heavy atom. The molecule has 0 aliphatic carbocycles. The van der Waals surface area contributed by atoms with Crippen molar-refractivity contribution >= 4 is 34.8 Å². The van der Waals surface area contributed by atoms with Crippen LogP contribution in [0.25, 0.3) is 6.08 Å². The van der Waals surface area contributed by atoms with Gasteiger partial charge in [0.05, 0.1) is 44.4 Å². The standard InChI is InChI=1S/C30H24N4O8S/c1-4-41-29(36)26-18(3)31-30-32(27(26)19-11-9-17(2)10-12-19)28(35)25(43-30)15-20-7-5-6-8-23(20)42-24-14-13-21(33(37)38)16-22(24)34(39)40/h5-16,27H,4H2,1-3H3/b25-15+/t27-/m0/s1. The lowest BCUT2D eigenvalue weighted by Gasteiger charge is -2.24. The summed E-state index contributed by atoms with van der Waals surface area (Å²) in [6, 6.07) is 16.4. The quantitative estimate of drug-likeness (QED) is 0.160. The van der Waals surface area contributed by atoms with E-state index in [1.54, 1.807) is 44.2 Å². The van der Waals surface area contributed by atoms with Crippen LogP contribution in [0, 0.1) is 27.2 Å². The first kappa shape index (κ1) is 29.1. The van der Waals surface area contributed by atoms with E-state index in [-0.39, 0.29) is 28.2 Å². The molecule has 0 N–H and O–H groups in total. The fourth-order valence-electron chi connectivity index (χ4n) is 4.66. The number of thiazole rings is 1. The first-order valence-corrected chi connectivity index (χ1v) is 13.9. The Hall–Kier alpha value is -5.43. The van der Waals surface area contributed by atoms with Crippen molar-refractivity contribution in [3.63, 3.8) is 0 Å². The normalized spacial score (nSPS) is 14.6. The molecule has 0 spiro atoms. The second-order valence-electron chi connectivity index (χ2n) is 9.52. The lowest BCUT2D eigenvalue weighted by atomic mass is 9.95. The number of para-hydroxylation sites is 1. The molecule has 0 bridgehead atoms. The number of esters is 1. The highest BCUT2D eigenvalue weighted by atomic mass is 32.1. The van der Waals surface area contributed by atoms with E-state index in [2.05, 4.69) is 4.99 Å². The minimum atomic E-state index is -0.771. The van der Waals surface area contributed by atoms with Crippen molar-refractivity contribution in [3.8, 4) is 11.5 Å². The number of carbonyl (C=O) groups is 1. The lowest BCUT2D eigenvalue weighted by molar-refractivity contribution is -0.394. The molecule has 2 heterocycles. The molecular formula is C30H24N4O8S. The molecule has 0 fully saturated rings. The van der Waals surface area contributed by atoms with Gasteiger partial charge in [0.1, 0.15) is 5.75 Å². The van der Waals surface area contributed by atoms with Crippen LogP contribution in [-0.2, 0) is 9.53 Å². The zero-order valence-electron chi connectivity index (χ0n) is 23.2. The number of nitro benzene ring substituents is 2. The van der Waals surface area contributed by atoms with Gasteiger partial charge in [-0.15, -0.1) is 0 Å². The molecule has 218 valence electrons. The van der Waals surface area contributed by atoms with Crippen molar-refractivity contribution < 1.29 is 24.1 Å². The van der Waals surface area contributed by atoms with Crippen molar-refractivity contribution in [1.82, 2.24) is 4.57 Å². The number of hydrogen-bond acceptors (Lipinski definition) is 10. The molecule has 0 radical (unpaired) electrons. The molecule has 1 aliphatic heterocycles. The van der Waals surface area contributed by atoms with Gasteiger partial charge in [0.2, 0.25) is 5.75 Å². The smallest absolute Gasteiger partial charge is 0.338 e. The van der Waals surface area contributed by atoms with Crippen LogP contribution >= 0.6 is 11.3 Å². The van der Waals surface area contributed by atoms with Crippen LogP contribution in [-0.4, -0.2) is 27.0 Å². The molecule has 12 nitrogen and oxygen atoms in total. The number of allylic oxidation sites excluding steroid dienone is 1. The van der Waals surface area contributed by atoms with Gasteiger partial charge in [0.15, 0.2) is 4.80 Å². The molecular weight excluding hydrogens is 576 g/mol. The van der Waals surface area contributed by atoms with Gasteiger partial charge in [0, 0.05) is 11.6 Å². The summed E-state index contributed by atoms with van der Waals surface area (Å²) in [6.45, 7) is 5.50. The Labute approximate surface area is 247 Å². The van der Waals surface area contributed by atoms with Crippen LogP contribution in [0.5, 0.6) is 11.5 Å². The number of nitro groups is 2. The summed E-state index contributed by atoms with van der Waals surface area (Å²) in [5.74, 6) is -0.581. The Bertz CT molecular complexity index is 1990. The second-order valence-corrected chi connectivity index (χ2v) is 10.5. The van der Waals surface area contributed by atoms with E-state index in [1.165, 1.54) is 4.57 Å². The summed E-state index contributed by atoms with van der Waals surface area (Å²) in [7, 11) is 0. The molecule has 4 aromatic rings. The third kappa shape index (κ3) is 5.70. The number of rotatable bonds is 8. The minimum Gasteiger partial charge on any atom is -0.463 e.